The molecule has 4 rings (SSSR count). The average molecular weight is 381 g/mol. The number of benzene rings is 1. The zero-order valence-corrected chi connectivity index (χ0v) is 15.3. The van der Waals surface area contributed by atoms with E-state index in [0.29, 0.717) is 16.2 Å². The quantitative estimate of drug-likeness (QED) is 0.382. The van der Waals surface area contributed by atoms with Gasteiger partial charge in [0.25, 0.3) is 5.91 Å². The molecular weight excluding hydrogens is 366 g/mol. The minimum Gasteiger partial charge on any atom is -0.292 e. The molecule has 2 amide bonds. The van der Waals surface area contributed by atoms with Crippen molar-refractivity contribution in [2.45, 2.75) is 12.5 Å². The fraction of sp³-hybridized carbons (Fsp3) is 0.150. The lowest BCUT2D eigenvalue weighted by molar-refractivity contribution is -0.128. The van der Waals surface area contributed by atoms with Crippen molar-refractivity contribution in [3.63, 3.8) is 0 Å². The third-order valence-corrected chi connectivity index (χ3v) is 6.26. The molecule has 2 unspecified atom stereocenters. The van der Waals surface area contributed by atoms with E-state index < -0.39 is 17.9 Å². The van der Waals surface area contributed by atoms with Gasteiger partial charge < -0.3 is 0 Å². The zero-order chi connectivity index (χ0) is 18.1. The summed E-state index contributed by atoms with van der Waals surface area (Å²) in [5.74, 6) is -1.76. The lowest BCUT2D eigenvalue weighted by Gasteiger charge is -2.22. The van der Waals surface area contributed by atoms with E-state index in [1.54, 1.807) is 29.6 Å². The van der Waals surface area contributed by atoms with Gasteiger partial charge in [-0.15, -0.1) is 22.7 Å². The molecule has 26 heavy (non-hydrogen) atoms. The molecule has 2 atom stereocenters. The Bertz CT molecular complexity index is 933. The van der Waals surface area contributed by atoms with E-state index in [0.717, 1.165) is 5.56 Å². The molecule has 0 spiro atoms. The third kappa shape index (κ3) is 2.91. The number of imide groups is 1. The molecule has 1 fully saturated rings. The number of amides is 2. The lowest BCUT2D eigenvalue weighted by Crippen LogP contribution is -2.36. The summed E-state index contributed by atoms with van der Waals surface area (Å²) in [5, 5.41) is 3.62. The molecule has 0 radical (unpaired) electrons. The van der Waals surface area contributed by atoms with Gasteiger partial charge in [-0.3, -0.25) is 19.3 Å². The number of likely N-dealkylation sites (tertiary alicyclic amines) is 1. The summed E-state index contributed by atoms with van der Waals surface area (Å²) in [5.41, 5.74) is 0.868. The Balaban J connectivity index is 1.72. The monoisotopic (exact) mass is 381 g/mol. The molecule has 0 bridgehead atoms. The highest BCUT2D eigenvalue weighted by atomic mass is 32.1. The van der Waals surface area contributed by atoms with E-state index in [1.807, 2.05) is 35.7 Å². The van der Waals surface area contributed by atoms with Gasteiger partial charge in [-0.05, 0) is 34.9 Å². The second kappa shape index (κ2) is 6.97. The number of carbonyl (C=O) groups is 3. The highest BCUT2D eigenvalue weighted by Gasteiger charge is 2.47. The van der Waals surface area contributed by atoms with Crippen molar-refractivity contribution in [2.75, 3.05) is 0 Å². The SMILES string of the molecule is O=C(c1cccs1)C1CC(c2ccccc2)N(C(=O)c2cccs2)C1=O. The van der Waals surface area contributed by atoms with Crippen molar-refractivity contribution in [3.05, 3.63) is 80.7 Å². The molecule has 3 heterocycles. The van der Waals surface area contributed by atoms with Crippen LogP contribution in [0.25, 0.3) is 0 Å². The maximum absolute atomic E-state index is 13.1. The Hall–Kier alpha value is -2.57. The normalized spacial score (nSPS) is 19.7. The molecule has 0 saturated carbocycles. The second-order valence-electron chi connectivity index (χ2n) is 6.05. The zero-order valence-electron chi connectivity index (χ0n) is 13.7. The molecule has 1 aliphatic heterocycles. The highest BCUT2D eigenvalue weighted by molar-refractivity contribution is 7.12. The van der Waals surface area contributed by atoms with Gasteiger partial charge in [0.1, 0.15) is 5.92 Å². The van der Waals surface area contributed by atoms with E-state index in [4.69, 9.17) is 0 Å². The summed E-state index contributed by atoms with van der Waals surface area (Å²) >= 11 is 2.62. The van der Waals surface area contributed by atoms with Crippen LogP contribution in [-0.4, -0.2) is 22.5 Å². The maximum atomic E-state index is 13.1. The largest absolute Gasteiger partial charge is 0.292 e. The molecule has 1 saturated heterocycles. The Labute approximate surface area is 158 Å². The minimum absolute atomic E-state index is 0.201. The first-order valence-electron chi connectivity index (χ1n) is 8.20. The number of Topliss-reactive ketones (excluding diaryl/α,β-unsaturated/α-hetero) is 1. The van der Waals surface area contributed by atoms with Gasteiger partial charge in [-0.25, -0.2) is 0 Å². The van der Waals surface area contributed by atoms with Crippen LogP contribution in [0, 0.1) is 5.92 Å². The first-order chi connectivity index (χ1) is 12.7. The summed E-state index contributed by atoms with van der Waals surface area (Å²) in [6.07, 6.45) is 0.316. The van der Waals surface area contributed by atoms with Crippen molar-refractivity contribution < 1.29 is 14.4 Å². The van der Waals surface area contributed by atoms with Gasteiger partial charge in [0.15, 0.2) is 5.78 Å². The standard InChI is InChI=1S/C20H15NO3S2/c22-18(16-8-4-10-25-16)14-12-15(13-6-2-1-3-7-13)21(19(14)23)20(24)17-9-5-11-26-17/h1-11,14-15H,12H2. The number of nitrogens with zero attached hydrogens (tertiary/aromatic N) is 1. The predicted octanol–water partition coefficient (Wildman–Crippen LogP) is 4.42. The Morgan fingerprint density at radius 1 is 0.885 bits per heavy atom. The maximum Gasteiger partial charge on any atom is 0.271 e. The number of hydrogen-bond acceptors (Lipinski definition) is 5. The number of ketones is 1. The predicted molar refractivity (Wildman–Crippen MR) is 101 cm³/mol. The highest BCUT2D eigenvalue weighted by Crippen LogP contribution is 2.39. The van der Waals surface area contributed by atoms with Gasteiger partial charge >= 0.3 is 0 Å². The van der Waals surface area contributed by atoms with Crippen LogP contribution in [0.1, 0.15) is 37.4 Å². The third-order valence-electron chi connectivity index (χ3n) is 4.52. The number of thiophene rings is 2. The second-order valence-corrected chi connectivity index (χ2v) is 7.94. The molecule has 3 aromatic rings. The van der Waals surface area contributed by atoms with Gasteiger partial charge in [-0.1, -0.05) is 42.5 Å². The summed E-state index contributed by atoms with van der Waals surface area (Å²) in [6.45, 7) is 0. The van der Waals surface area contributed by atoms with Crippen LogP contribution in [0.5, 0.6) is 0 Å². The average Bonchev–Trinajstić information content (AvgIpc) is 3.42. The molecule has 4 nitrogen and oxygen atoms in total. The first kappa shape index (κ1) is 16.9. The molecular formula is C20H15NO3S2. The van der Waals surface area contributed by atoms with Crippen molar-refractivity contribution in [2.24, 2.45) is 5.92 Å². The van der Waals surface area contributed by atoms with Gasteiger partial charge in [0.05, 0.1) is 15.8 Å². The van der Waals surface area contributed by atoms with Crippen molar-refractivity contribution in [3.8, 4) is 0 Å². The smallest absolute Gasteiger partial charge is 0.271 e. The fourth-order valence-electron chi connectivity index (χ4n) is 3.28. The van der Waals surface area contributed by atoms with Crippen molar-refractivity contribution in [1.29, 1.82) is 0 Å². The van der Waals surface area contributed by atoms with Crippen molar-refractivity contribution >= 4 is 40.3 Å². The van der Waals surface area contributed by atoms with E-state index in [-0.39, 0.29) is 11.7 Å². The van der Waals surface area contributed by atoms with Crippen LogP contribution in [0.3, 0.4) is 0 Å². The van der Waals surface area contributed by atoms with Crippen LogP contribution in [0.4, 0.5) is 0 Å². The lowest BCUT2D eigenvalue weighted by atomic mass is 9.96. The van der Waals surface area contributed by atoms with E-state index in [1.165, 1.54) is 27.6 Å². The Morgan fingerprint density at radius 2 is 1.54 bits per heavy atom. The Morgan fingerprint density at radius 3 is 2.15 bits per heavy atom. The van der Waals surface area contributed by atoms with Crippen LogP contribution in [-0.2, 0) is 4.79 Å². The molecule has 0 N–H and O–H groups in total. The van der Waals surface area contributed by atoms with E-state index in [2.05, 4.69) is 0 Å². The molecule has 0 aliphatic carbocycles. The molecule has 130 valence electrons. The summed E-state index contributed by atoms with van der Waals surface area (Å²) in [7, 11) is 0. The molecule has 6 heteroatoms. The van der Waals surface area contributed by atoms with E-state index >= 15 is 0 Å². The van der Waals surface area contributed by atoms with Gasteiger partial charge in [-0.2, -0.15) is 0 Å². The number of carbonyl (C=O) groups excluding carboxylic acids is 3. The topological polar surface area (TPSA) is 54.5 Å². The Kier molecular flexibility index (Phi) is 4.53. The number of hydrogen-bond donors (Lipinski definition) is 0. The van der Waals surface area contributed by atoms with Crippen LogP contribution >= 0.6 is 22.7 Å². The van der Waals surface area contributed by atoms with Gasteiger partial charge in [0.2, 0.25) is 5.91 Å². The van der Waals surface area contributed by atoms with Crippen LogP contribution in [0.2, 0.25) is 0 Å². The first-order valence-corrected chi connectivity index (χ1v) is 9.96. The summed E-state index contributed by atoms with van der Waals surface area (Å²) in [6, 6.07) is 16.0. The molecule has 2 aromatic heterocycles. The molecule has 1 aliphatic rings. The van der Waals surface area contributed by atoms with E-state index in [9.17, 15) is 14.4 Å². The summed E-state index contributed by atoms with van der Waals surface area (Å²) in [4.78, 5) is 41.2. The fourth-order valence-corrected chi connectivity index (χ4v) is 4.66. The minimum atomic E-state index is -0.817. The number of rotatable bonds is 4. The molecule has 1 aromatic carbocycles. The van der Waals surface area contributed by atoms with Crippen LogP contribution < -0.4 is 0 Å². The summed E-state index contributed by atoms with van der Waals surface area (Å²) < 4.78 is 0. The van der Waals surface area contributed by atoms with Gasteiger partial charge in [0, 0.05) is 0 Å². The van der Waals surface area contributed by atoms with Crippen molar-refractivity contribution in [1.82, 2.24) is 4.90 Å². The van der Waals surface area contributed by atoms with Crippen LogP contribution in [0.15, 0.2) is 65.4 Å².